The Morgan fingerprint density at radius 3 is 2.41 bits per heavy atom. The first-order chi connectivity index (χ1) is 32.1. The van der Waals surface area contributed by atoms with Crippen molar-refractivity contribution in [3.63, 3.8) is 0 Å². The number of carbonyl (C=O) groups excluding carboxylic acids is 5. The van der Waals surface area contributed by atoms with Crippen molar-refractivity contribution in [2.24, 2.45) is 0 Å². The number of piperidine rings is 2. The Morgan fingerprint density at radius 2 is 1.59 bits per heavy atom. The minimum absolute atomic E-state index is 0.0486. The molecule has 3 N–H and O–H groups in total. The van der Waals surface area contributed by atoms with Crippen LogP contribution in [-0.2, 0) is 34.1 Å². The fraction of sp³-hybridized carbons (Fsp3) is 0.308. The van der Waals surface area contributed by atoms with Gasteiger partial charge in [-0.25, -0.2) is 0 Å². The van der Waals surface area contributed by atoms with Crippen molar-refractivity contribution < 1.29 is 33.4 Å². The van der Waals surface area contributed by atoms with E-state index in [9.17, 15) is 29.2 Å². The topological polar surface area (TPSA) is 170 Å². The molecule has 5 amide bonds. The van der Waals surface area contributed by atoms with Crippen LogP contribution in [0.3, 0.4) is 0 Å². The molecule has 2 atom stereocenters. The first-order valence-corrected chi connectivity index (χ1v) is 22.8. The van der Waals surface area contributed by atoms with Crippen molar-refractivity contribution in [1.29, 1.82) is 5.26 Å². The lowest BCUT2D eigenvalue weighted by Crippen LogP contribution is -2.54. The number of nitrogens with one attached hydrogen (secondary N) is 3. The number of ether oxygens (including phenoxy) is 2. The fourth-order valence-electron chi connectivity index (χ4n) is 8.92. The zero-order valence-electron chi connectivity index (χ0n) is 36.7. The lowest BCUT2D eigenvalue weighted by molar-refractivity contribution is -0.136. The molecule has 0 radical (unpaired) electrons. The van der Waals surface area contributed by atoms with Crippen molar-refractivity contribution >= 4 is 46.8 Å². The SMILES string of the molecule is Cc1c(COc2cc(OCc3cccc(C#N)c3)c(CN3CCCCC3C(=O)NCCCCNc3cccc4c3C(=O)N(C3CCC(=O)NC3=O)C4=O)cc2Cl)cccc1-c1ccccc1. The van der Waals surface area contributed by atoms with Crippen LogP contribution in [0.5, 0.6) is 11.5 Å². The lowest BCUT2D eigenvalue weighted by atomic mass is 9.97. The Bertz CT molecular complexity index is 2700. The van der Waals surface area contributed by atoms with E-state index in [2.05, 4.69) is 52.0 Å². The second kappa shape index (κ2) is 20.9. The van der Waals surface area contributed by atoms with Crippen LogP contribution in [0.4, 0.5) is 5.69 Å². The maximum absolute atomic E-state index is 13.8. The maximum Gasteiger partial charge on any atom is 0.264 e. The van der Waals surface area contributed by atoms with Gasteiger partial charge in [0.2, 0.25) is 17.7 Å². The van der Waals surface area contributed by atoms with Gasteiger partial charge in [0.05, 0.1) is 33.8 Å². The van der Waals surface area contributed by atoms with Crippen molar-refractivity contribution in [2.75, 3.05) is 25.0 Å². The molecule has 338 valence electrons. The summed E-state index contributed by atoms with van der Waals surface area (Å²) in [6.45, 7) is 4.64. The fourth-order valence-corrected chi connectivity index (χ4v) is 9.16. The molecule has 13 nitrogen and oxygen atoms in total. The van der Waals surface area contributed by atoms with Gasteiger partial charge in [-0.05, 0) is 104 Å². The van der Waals surface area contributed by atoms with Crippen LogP contribution >= 0.6 is 11.6 Å². The van der Waals surface area contributed by atoms with Gasteiger partial charge < -0.3 is 20.1 Å². The van der Waals surface area contributed by atoms with Gasteiger partial charge in [0.25, 0.3) is 11.8 Å². The van der Waals surface area contributed by atoms with Crippen LogP contribution in [0.25, 0.3) is 11.1 Å². The molecule has 0 aliphatic carbocycles. The highest BCUT2D eigenvalue weighted by Gasteiger charge is 2.45. The molecule has 0 aromatic heterocycles. The average Bonchev–Trinajstić information content (AvgIpc) is 3.58. The number of hydrogen-bond acceptors (Lipinski definition) is 10. The molecule has 2 fully saturated rings. The van der Waals surface area contributed by atoms with E-state index in [0.717, 1.165) is 51.1 Å². The van der Waals surface area contributed by atoms with Gasteiger partial charge >= 0.3 is 0 Å². The maximum atomic E-state index is 13.8. The molecule has 3 aliphatic heterocycles. The smallest absolute Gasteiger partial charge is 0.264 e. The molecule has 2 unspecified atom stereocenters. The van der Waals surface area contributed by atoms with Gasteiger partial charge in [0.1, 0.15) is 30.8 Å². The van der Waals surface area contributed by atoms with Crippen LogP contribution in [0.1, 0.15) is 93.5 Å². The van der Waals surface area contributed by atoms with Crippen LogP contribution in [0.2, 0.25) is 5.02 Å². The Morgan fingerprint density at radius 1 is 0.818 bits per heavy atom. The van der Waals surface area contributed by atoms with Crippen LogP contribution in [-0.4, -0.2) is 71.1 Å². The number of rotatable bonds is 17. The van der Waals surface area contributed by atoms with E-state index in [0.29, 0.717) is 79.8 Å². The molecule has 0 bridgehead atoms. The van der Waals surface area contributed by atoms with Gasteiger partial charge in [-0.1, -0.05) is 84.8 Å². The van der Waals surface area contributed by atoms with E-state index < -0.39 is 29.7 Å². The molecular weight excluding hydrogens is 856 g/mol. The molecule has 0 spiro atoms. The van der Waals surface area contributed by atoms with E-state index in [4.69, 9.17) is 21.1 Å². The third-order valence-corrected chi connectivity index (χ3v) is 12.8. The molecule has 3 aliphatic rings. The number of hydrogen-bond donors (Lipinski definition) is 3. The summed E-state index contributed by atoms with van der Waals surface area (Å²) in [6, 6.07) is 33.1. The Hall–Kier alpha value is -7.01. The summed E-state index contributed by atoms with van der Waals surface area (Å²) < 4.78 is 12.9. The number of carbonyl (C=O) groups is 5. The number of likely N-dealkylation sites (tertiary alicyclic amines) is 1. The lowest BCUT2D eigenvalue weighted by Gasteiger charge is -2.35. The summed E-state index contributed by atoms with van der Waals surface area (Å²) >= 11 is 6.97. The molecule has 66 heavy (non-hydrogen) atoms. The molecule has 5 aromatic rings. The van der Waals surface area contributed by atoms with Gasteiger partial charge in [-0.15, -0.1) is 0 Å². The normalized spacial score (nSPS) is 17.2. The van der Waals surface area contributed by atoms with Crippen molar-refractivity contribution in [3.05, 3.63) is 147 Å². The van der Waals surface area contributed by atoms with Crippen molar-refractivity contribution in [2.45, 2.75) is 83.7 Å². The van der Waals surface area contributed by atoms with Crippen LogP contribution in [0.15, 0.2) is 103 Å². The number of fused-ring (bicyclic) bond motifs is 1. The molecular formula is C52H51ClN6O7. The molecule has 5 aromatic carbocycles. The number of benzene rings is 5. The van der Waals surface area contributed by atoms with Gasteiger partial charge in [-0.3, -0.25) is 39.1 Å². The molecule has 3 heterocycles. The van der Waals surface area contributed by atoms with Gasteiger partial charge in [0, 0.05) is 43.4 Å². The highest BCUT2D eigenvalue weighted by molar-refractivity contribution is 6.32. The van der Waals surface area contributed by atoms with E-state index in [1.165, 1.54) is 0 Å². The number of anilines is 1. The zero-order chi connectivity index (χ0) is 46.2. The molecule has 14 heteroatoms. The minimum atomic E-state index is -1.04. The Kier molecular flexibility index (Phi) is 14.4. The second-order valence-corrected chi connectivity index (χ2v) is 17.2. The number of nitrogens with zero attached hydrogens (tertiary/aromatic N) is 3. The first kappa shape index (κ1) is 45.6. The third kappa shape index (κ3) is 10.3. The molecule has 0 saturated carbocycles. The number of unbranched alkanes of at least 4 members (excludes halogenated alkanes) is 1. The van der Waals surface area contributed by atoms with E-state index in [1.54, 1.807) is 30.3 Å². The van der Waals surface area contributed by atoms with E-state index in [-0.39, 0.29) is 42.5 Å². The number of imide groups is 2. The van der Waals surface area contributed by atoms with Crippen LogP contribution in [0, 0.1) is 18.3 Å². The highest BCUT2D eigenvalue weighted by atomic mass is 35.5. The van der Waals surface area contributed by atoms with Gasteiger partial charge in [-0.2, -0.15) is 5.26 Å². The standard InChI is InChI=1S/C52H51ClN6O7/c1-33-37(16-10-17-39(33)36-14-3-2-4-15-36)32-66-46-28-45(65-31-35-13-9-12-34(26-35)29-54)38(27-41(46)53)30-58-25-8-5-20-43(58)49(61)56-24-7-6-23-55-42-19-11-18-40-48(42)52(64)59(51(40)63)44-21-22-47(60)57-50(44)62/h2-4,9-19,26-28,43-44,55H,5-8,20-25,30-32H2,1H3,(H,56,61)(H,57,60,62). The zero-order valence-corrected chi connectivity index (χ0v) is 37.5. The molecule has 2 saturated heterocycles. The summed E-state index contributed by atoms with van der Waals surface area (Å²) in [4.78, 5) is 67.8. The minimum Gasteiger partial charge on any atom is -0.488 e. The number of halogens is 1. The predicted octanol–water partition coefficient (Wildman–Crippen LogP) is 8.11. The Balaban J connectivity index is 0.894. The molecule has 8 rings (SSSR count). The summed E-state index contributed by atoms with van der Waals surface area (Å²) in [5.74, 6) is -1.22. The summed E-state index contributed by atoms with van der Waals surface area (Å²) in [7, 11) is 0. The second-order valence-electron chi connectivity index (χ2n) is 16.8. The van der Waals surface area contributed by atoms with E-state index >= 15 is 0 Å². The first-order valence-electron chi connectivity index (χ1n) is 22.4. The van der Waals surface area contributed by atoms with E-state index in [1.807, 2.05) is 54.6 Å². The largest absolute Gasteiger partial charge is 0.488 e. The average molecular weight is 907 g/mol. The quantitative estimate of drug-likeness (QED) is 0.0612. The van der Waals surface area contributed by atoms with Gasteiger partial charge in [0.15, 0.2) is 0 Å². The number of amides is 5. The summed E-state index contributed by atoms with van der Waals surface area (Å²) in [5, 5.41) is 18.6. The summed E-state index contributed by atoms with van der Waals surface area (Å²) in [6.07, 6.45) is 4.01. The monoisotopic (exact) mass is 906 g/mol. The van der Waals surface area contributed by atoms with Crippen molar-refractivity contribution in [1.82, 2.24) is 20.4 Å². The summed E-state index contributed by atoms with van der Waals surface area (Å²) in [5.41, 5.74) is 7.50. The number of nitriles is 1. The predicted molar refractivity (Wildman–Crippen MR) is 250 cm³/mol. The third-order valence-electron chi connectivity index (χ3n) is 12.5. The van der Waals surface area contributed by atoms with Crippen LogP contribution < -0.4 is 25.4 Å². The highest BCUT2D eigenvalue weighted by Crippen LogP contribution is 2.37. The van der Waals surface area contributed by atoms with Crippen molar-refractivity contribution in [3.8, 4) is 28.7 Å². The Labute approximate surface area is 389 Å².